The van der Waals surface area contributed by atoms with Crippen molar-refractivity contribution in [3.8, 4) is 0 Å². The van der Waals surface area contributed by atoms with Crippen molar-refractivity contribution in [3.05, 3.63) is 34.9 Å². The number of hydrogen-bond acceptors (Lipinski definition) is 3. The van der Waals surface area contributed by atoms with E-state index in [1.807, 2.05) is 24.3 Å². The maximum Gasteiger partial charge on any atom is 0.310 e. The van der Waals surface area contributed by atoms with Crippen LogP contribution in [0.5, 0.6) is 0 Å². The van der Waals surface area contributed by atoms with Gasteiger partial charge in [0.1, 0.15) is 0 Å². The molecule has 0 saturated heterocycles. The van der Waals surface area contributed by atoms with Gasteiger partial charge in [0, 0.05) is 25.2 Å². The van der Waals surface area contributed by atoms with Gasteiger partial charge in [-0.2, -0.15) is 0 Å². The van der Waals surface area contributed by atoms with Crippen LogP contribution in [0.15, 0.2) is 29.3 Å². The van der Waals surface area contributed by atoms with Gasteiger partial charge >= 0.3 is 5.97 Å². The summed E-state index contributed by atoms with van der Waals surface area (Å²) in [5, 5.41) is 7.03. The first kappa shape index (κ1) is 21.0. The third-order valence-electron chi connectivity index (χ3n) is 3.00. The lowest BCUT2D eigenvalue weighted by atomic mass is 10.1. The molecule has 1 aromatic carbocycles. The Balaban J connectivity index is 0.00000441. The number of guanidine groups is 1. The predicted octanol–water partition coefficient (Wildman–Crippen LogP) is 2.47. The number of nitrogens with one attached hydrogen (secondary N) is 2. The first-order chi connectivity index (χ1) is 10.1. The Bertz CT molecular complexity index is 497. The number of esters is 1. The summed E-state index contributed by atoms with van der Waals surface area (Å²) < 4.78 is 4.68. The average molecular weight is 440 g/mol. The normalized spacial score (nSPS) is 12.1. The Kier molecular flexibility index (Phi) is 11.0. The van der Waals surface area contributed by atoms with E-state index in [0.717, 1.165) is 23.6 Å². The molecule has 0 radical (unpaired) electrons. The third-order valence-corrected chi connectivity index (χ3v) is 3.23. The maximum absolute atomic E-state index is 11.3. The number of halogens is 2. The molecule has 0 aliphatic rings. The molecular weight excluding hydrogens is 417 g/mol. The Morgan fingerprint density at radius 1 is 1.41 bits per heavy atom. The van der Waals surface area contributed by atoms with E-state index in [9.17, 15) is 4.79 Å². The number of aliphatic imine (C=N–C) groups is 1. The Hall–Kier alpha value is -1.02. The number of rotatable bonds is 6. The monoisotopic (exact) mass is 439 g/mol. The third kappa shape index (κ3) is 7.84. The van der Waals surface area contributed by atoms with Crippen LogP contribution in [-0.4, -0.2) is 39.2 Å². The predicted molar refractivity (Wildman–Crippen MR) is 101 cm³/mol. The van der Waals surface area contributed by atoms with Crippen molar-refractivity contribution in [2.45, 2.75) is 13.3 Å². The largest absolute Gasteiger partial charge is 0.469 e. The van der Waals surface area contributed by atoms with E-state index in [-0.39, 0.29) is 35.9 Å². The lowest BCUT2D eigenvalue weighted by Gasteiger charge is -2.14. The van der Waals surface area contributed by atoms with Gasteiger partial charge in [0.25, 0.3) is 0 Å². The number of hydrogen-bond donors (Lipinski definition) is 2. The number of ether oxygens (including phenoxy) is 1. The van der Waals surface area contributed by atoms with Crippen molar-refractivity contribution in [2.24, 2.45) is 10.9 Å². The summed E-state index contributed by atoms with van der Waals surface area (Å²) in [4.78, 5) is 15.4. The summed E-state index contributed by atoms with van der Waals surface area (Å²) in [5.41, 5.74) is 1.16. The Morgan fingerprint density at radius 3 is 2.73 bits per heavy atom. The van der Waals surface area contributed by atoms with Crippen LogP contribution < -0.4 is 10.6 Å². The second-order valence-corrected chi connectivity index (χ2v) is 5.12. The van der Waals surface area contributed by atoms with Crippen LogP contribution >= 0.6 is 35.6 Å². The zero-order valence-electron chi connectivity index (χ0n) is 13.1. The van der Waals surface area contributed by atoms with Crippen molar-refractivity contribution in [2.75, 3.05) is 27.2 Å². The van der Waals surface area contributed by atoms with Crippen LogP contribution in [-0.2, 0) is 16.0 Å². The molecule has 5 nitrogen and oxygen atoms in total. The smallest absolute Gasteiger partial charge is 0.310 e. The quantitative estimate of drug-likeness (QED) is 0.309. The molecule has 0 saturated carbocycles. The van der Waals surface area contributed by atoms with E-state index >= 15 is 0 Å². The number of carbonyl (C=O) groups excluding carboxylic acids is 1. The zero-order valence-corrected chi connectivity index (χ0v) is 16.1. The van der Waals surface area contributed by atoms with Crippen LogP contribution in [0.3, 0.4) is 0 Å². The van der Waals surface area contributed by atoms with Crippen LogP contribution in [0.4, 0.5) is 0 Å². The number of nitrogens with zero attached hydrogens (tertiary/aromatic N) is 1. The summed E-state index contributed by atoms with van der Waals surface area (Å²) in [6.07, 6.45) is 0.841. The molecule has 1 unspecified atom stereocenters. The Labute approximate surface area is 153 Å². The van der Waals surface area contributed by atoms with Crippen LogP contribution in [0, 0.1) is 5.92 Å². The topological polar surface area (TPSA) is 62.7 Å². The summed E-state index contributed by atoms with van der Waals surface area (Å²) in [7, 11) is 3.08. The Morgan fingerprint density at radius 2 is 2.14 bits per heavy atom. The number of benzene rings is 1. The highest BCUT2D eigenvalue weighted by atomic mass is 127. The van der Waals surface area contributed by atoms with Gasteiger partial charge in [-0.05, 0) is 24.1 Å². The van der Waals surface area contributed by atoms with Crippen molar-refractivity contribution in [3.63, 3.8) is 0 Å². The van der Waals surface area contributed by atoms with E-state index in [2.05, 4.69) is 20.4 Å². The second-order valence-electron chi connectivity index (χ2n) is 4.68. The minimum Gasteiger partial charge on any atom is -0.469 e. The summed E-state index contributed by atoms with van der Waals surface area (Å²) in [6.45, 7) is 3.01. The molecule has 0 heterocycles. The van der Waals surface area contributed by atoms with Gasteiger partial charge in [-0.3, -0.25) is 9.79 Å². The van der Waals surface area contributed by atoms with E-state index in [4.69, 9.17) is 11.6 Å². The van der Waals surface area contributed by atoms with Gasteiger partial charge in [0.15, 0.2) is 5.96 Å². The van der Waals surface area contributed by atoms with Crippen molar-refractivity contribution in [1.82, 2.24) is 10.6 Å². The molecule has 0 amide bonds. The van der Waals surface area contributed by atoms with Gasteiger partial charge in [0.05, 0.1) is 13.0 Å². The van der Waals surface area contributed by atoms with Crippen LogP contribution in [0.1, 0.15) is 12.5 Å². The minimum absolute atomic E-state index is 0. The SMILES string of the molecule is CN=C(NCCc1cccc(Cl)c1)NCC(C)C(=O)OC.I. The van der Waals surface area contributed by atoms with E-state index in [0.29, 0.717) is 12.5 Å². The van der Waals surface area contributed by atoms with E-state index in [1.54, 1.807) is 14.0 Å². The van der Waals surface area contributed by atoms with Crippen molar-refractivity contribution < 1.29 is 9.53 Å². The molecule has 22 heavy (non-hydrogen) atoms. The molecule has 7 heteroatoms. The molecule has 0 aliphatic heterocycles. The lowest BCUT2D eigenvalue weighted by molar-refractivity contribution is -0.144. The number of methoxy groups -OCH3 is 1. The van der Waals surface area contributed by atoms with E-state index < -0.39 is 0 Å². The fraction of sp³-hybridized carbons (Fsp3) is 0.467. The highest BCUT2D eigenvalue weighted by Crippen LogP contribution is 2.10. The summed E-state index contributed by atoms with van der Waals surface area (Å²) in [6, 6.07) is 7.76. The molecule has 0 aliphatic carbocycles. The van der Waals surface area contributed by atoms with Gasteiger partial charge < -0.3 is 15.4 Å². The maximum atomic E-state index is 11.3. The average Bonchev–Trinajstić information content (AvgIpc) is 2.49. The summed E-state index contributed by atoms with van der Waals surface area (Å²) >= 11 is 5.94. The van der Waals surface area contributed by atoms with Gasteiger partial charge in [-0.15, -0.1) is 24.0 Å². The minimum atomic E-state index is -0.239. The lowest BCUT2D eigenvalue weighted by Crippen LogP contribution is -2.41. The highest BCUT2D eigenvalue weighted by Gasteiger charge is 2.13. The van der Waals surface area contributed by atoms with Crippen LogP contribution in [0.25, 0.3) is 0 Å². The molecule has 0 spiro atoms. The van der Waals surface area contributed by atoms with Gasteiger partial charge in [0.2, 0.25) is 0 Å². The van der Waals surface area contributed by atoms with Crippen molar-refractivity contribution in [1.29, 1.82) is 0 Å². The zero-order chi connectivity index (χ0) is 15.7. The molecular formula is C15H23ClIN3O2. The van der Waals surface area contributed by atoms with E-state index in [1.165, 1.54) is 7.11 Å². The number of carbonyl (C=O) groups is 1. The highest BCUT2D eigenvalue weighted by molar-refractivity contribution is 14.0. The molecule has 0 bridgehead atoms. The second kappa shape index (κ2) is 11.5. The first-order valence-electron chi connectivity index (χ1n) is 6.83. The van der Waals surface area contributed by atoms with Gasteiger partial charge in [-0.25, -0.2) is 0 Å². The fourth-order valence-corrected chi connectivity index (χ4v) is 1.99. The van der Waals surface area contributed by atoms with Gasteiger partial charge in [-0.1, -0.05) is 30.7 Å². The van der Waals surface area contributed by atoms with Crippen molar-refractivity contribution >= 4 is 47.5 Å². The standard InChI is InChI=1S/C15H22ClN3O2.HI/c1-11(14(20)21-3)10-19-15(17-2)18-8-7-12-5-4-6-13(16)9-12;/h4-6,9,11H,7-8,10H2,1-3H3,(H2,17,18,19);1H. The molecule has 1 atom stereocenters. The van der Waals surface area contributed by atoms with Crippen LogP contribution in [0.2, 0.25) is 5.02 Å². The molecule has 0 fully saturated rings. The molecule has 0 aromatic heterocycles. The molecule has 2 N–H and O–H groups in total. The summed E-state index contributed by atoms with van der Waals surface area (Å²) in [5.74, 6) is 0.200. The first-order valence-corrected chi connectivity index (χ1v) is 7.21. The fourth-order valence-electron chi connectivity index (χ4n) is 1.77. The molecule has 124 valence electrons. The molecule has 1 aromatic rings. The molecule has 1 rings (SSSR count).